The second-order valence-corrected chi connectivity index (χ2v) is 3.76. The van der Waals surface area contributed by atoms with Gasteiger partial charge in [-0.25, -0.2) is 0 Å². The fourth-order valence-electron chi connectivity index (χ4n) is 1.46. The first-order valence-corrected chi connectivity index (χ1v) is 4.73. The number of rotatable bonds is 3. The fraction of sp³-hybridized carbons (Fsp3) is 0.889. The molecule has 1 atom stereocenters. The molecule has 1 saturated carbocycles. The van der Waals surface area contributed by atoms with E-state index in [1.54, 1.807) is 0 Å². The molecule has 3 heteroatoms. The molecule has 0 aromatic rings. The highest BCUT2D eigenvalue weighted by molar-refractivity contribution is 5.73. The van der Waals surface area contributed by atoms with Crippen molar-refractivity contribution in [1.82, 2.24) is 5.32 Å². The zero-order valence-electron chi connectivity index (χ0n) is 7.21. The van der Waals surface area contributed by atoms with Gasteiger partial charge in [0.15, 0.2) is 0 Å². The third-order valence-electron chi connectivity index (χ3n) is 2.55. The van der Waals surface area contributed by atoms with Crippen LogP contribution >= 0.6 is 0 Å². The number of ether oxygens (including phenoxy) is 1. The molecule has 0 spiro atoms. The second kappa shape index (κ2) is 3.44. The smallest absolute Gasteiger partial charge is 0.310 e. The highest BCUT2D eigenvalue weighted by Crippen LogP contribution is 2.29. The van der Waals surface area contributed by atoms with E-state index in [0.717, 1.165) is 19.5 Å². The third-order valence-corrected chi connectivity index (χ3v) is 2.55. The Morgan fingerprint density at radius 2 is 2.25 bits per heavy atom. The lowest BCUT2D eigenvalue weighted by Crippen LogP contribution is -2.21. The zero-order chi connectivity index (χ0) is 8.39. The zero-order valence-corrected chi connectivity index (χ0v) is 7.21. The molecule has 1 saturated heterocycles. The van der Waals surface area contributed by atoms with Crippen molar-refractivity contribution in [3.8, 4) is 0 Å². The van der Waals surface area contributed by atoms with Crippen molar-refractivity contribution >= 4 is 5.97 Å². The summed E-state index contributed by atoms with van der Waals surface area (Å²) in [4.78, 5) is 11.3. The molecule has 68 valence electrons. The molecule has 12 heavy (non-hydrogen) atoms. The lowest BCUT2D eigenvalue weighted by atomic mass is 10.1. The molecule has 0 radical (unpaired) electrons. The molecule has 2 fully saturated rings. The van der Waals surface area contributed by atoms with Crippen LogP contribution in [0.5, 0.6) is 0 Å². The summed E-state index contributed by atoms with van der Waals surface area (Å²) in [6.07, 6.45) is 3.44. The normalized spacial score (nSPS) is 28.8. The molecule has 0 aromatic heterocycles. The predicted octanol–water partition coefficient (Wildman–Crippen LogP) is 0.549. The Morgan fingerprint density at radius 3 is 2.83 bits per heavy atom. The molecule has 0 amide bonds. The van der Waals surface area contributed by atoms with Gasteiger partial charge in [-0.05, 0) is 31.7 Å². The minimum absolute atomic E-state index is 0.00639. The number of carbonyl (C=O) groups is 1. The van der Waals surface area contributed by atoms with Crippen LogP contribution in [-0.4, -0.2) is 25.7 Å². The van der Waals surface area contributed by atoms with Gasteiger partial charge in [0.05, 0.1) is 12.5 Å². The standard InChI is InChI=1S/C9H15NO2/c11-9(8-3-4-10-5-8)12-6-7-1-2-7/h7-8,10H,1-6H2. The first kappa shape index (κ1) is 8.05. The summed E-state index contributed by atoms with van der Waals surface area (Å²) in [5.41, 5.74) is 0. The van der Waals surface area contributed by atoms with Crippen LogP contribution in [0.15, 0.2) is 0 Å². The topological polar surface area (TPSA) is 38.3 Å². The van der Waals surface area contributed by atoms with E-state index in [1.807, 2.05) is 0 Å². The van der Waals surface area contributed by atoms with Gasteiger partial charge in [-0.2, -0.15) is 0 Å². The largest absolute Gasteiger partial charge is 0.465 e. The maximum absolute atomic E-state index is 11.3. The van der Waals surface area contributed by atoms with E-state index in [1.165, 1.54) is 12.8 Å². The quantitative estimate of drug-likeness (QED) is 0.627. The van der Waals surface area contributed by atoms with Crippen molar-refractivity contribution in [3.63, 3.8) is 0 Å². The molecule has 1 unspecified atom stereocenters. The molecule has 2 rings (SSSR count). The molecule has 1 heterocycles. The summed E-state index contributed by atoms with van der Waals surface area (Å²) in [6, 6.07) is 0. The summed E-state index contributed by atoms with van der Waals surface area (Å²) in [5, 5.41) is 3.16. The third kappa shape index (κ3) is 1.97. The Labute approximate surface area is 72.5 Å². The molecule has 1 aliphatic carbocycles. The van der Waals surface area contributed by atoms with Gasteiger partial charge in [-0.15, -0.1) is 0 Å². The fourth-order valence-corrected chi connectivity index (χ4v) is 1.46. The van der Waals surface area contributed by atoms with Crippen LogP contribution in [0.3, 0.4) is 0 Å². The van der Waals surface area contributed by atoms with Crippen molar-refractivity contribution in [2.45, 2.75) is 19.3 Å². The van der Waals surface area contributed by atoms with E-state index < -0.39 is 0 Å². The van der Waals surface area contributed by atoms with Crippen LogP contribution in [0, 0.1) is 11.8 Å². The average molecular weight is 169 g/mol. The van der Waals surface area contributed by atoms with E-state index in [2.05, 4.69) is 5.32 Å². The minimum Gasteiger partial charge on any atom is -0.465 e. The van der Waals surface area contributed by atoms with Crippen molar-refractivity contribution in [3.05, 3.63) is 0 Å². The van der Waals surface area contributed by atoms with Gasteiger partial charge in [0.2, 0.25) is 0 Å². The monoisotopic (exact) mass is 169 g/mol. The Balaban J connectivity index is 1.67. The molecule has 3 nitrogen and oxygen atoms in total. The van der Waals surface area contributed by atoms with Crippen LogP contribution in [0.25, 0.3) is 0 Å². The number of carbonyl (C=O) groups excluding carboxylic acids is 1. The Bertz CT molecular complexity index is 171. The van der Waals surface area contributed by atoms with Gasteiger partial charge in [-0.3, -0.25) is 4.79 Å². The van der Waals surface area contributed by atoms with E-state index in [4.69, 9.17) is 4.74 Å². The van der Waals surface area contributed by atoms with E-state index in [9.17, 15) is 4.79 Å². The van der Waals surface area contributed by atoms with Gasteiger partial charge in [0.25, 0.3) is 0 Å². The maximum atomic E-state index is 11.3. The van der Waals surface area contributed by atoms with Crippen LogP contribution in [-0.2, 0) is 9.53 Å². The SMILES string of the molecule is O=C(OCC1CC1)C1CCNC1. The van der Waals surface area contributed by atoms with Crippen molar-refractivity contribution in [1.29, 1.82) is 0 Å². The van der Waals surface area contributed by atoms with Crippen LogP contribution in [0.4, 0.5) is 0 Å². The number of esters is 1. The predicted molar refractivity (Wildman–Crippen MR) is 44.7 cm³/mol. The van der Waals surface area contributed by atoms with Gasteiger partial charge >= 0.3 is 5.97 Å². The first-order valence-electron chi connectivity index (χ1n) is 4.73. The lowest BCUT2D eigenvalue weighted by Gasteiger charge is -2.07. The van der Waals surface area contributed by atoms with Crippen LogP contribution in [0.2, 0.25) is 0 Å². The molecule has 0 bridgehead atoms. The number of hydrogen-bond acceptors (Lipinski definition) is 3. The highest BCUT2D eigenvalue weighted by Gasteiger charge is 2.27. The number of hydrogen-bond donors (Lipinski definition) is 1. The molecular weight excluding hydrogens is 154 g/mol. The molecule has 0 aromatic carbocycles. The minimum atomic E-state index is 0.00639. The molecular formula is C9H15NO2. The molecule has 1 aliphatic heterocycles. The second-order valence-electron chi connectivity index (χ2n) is 3.76. The molecule has 2 aliphatic rings. The van der Waals surface area contributed by atoms with Gasteiger partial charge in [0.1, 0.15) is 0 Å². The van der Waals surface area contributed by atoms with Gasteiger partial charge in [-0.1, -0.05) is 0 Å². The summed E-state index contributed by atoms with van der Waals surface area (Å²) in [7, 11) is 0. The van der Waals surface area contributed by atoms with Crippen LogP contribution in [0.1, 0.15) is 19.3 Å². The van der Waals surface area contributed by atoms with Crippen LogP contribution < -0.4 is 5.32 Å². The average Bonchev–Trinajstić information content (AvgIpc) is 2.74. The Hall–Kier alpha value is -0.570. The summed E-state index contributed by atoms with van der Waals surface area (Å²) < 4.78 is 5.17. The van der Waals surface area contributed by atoms with Gasteiger partial charge < -0.3 is 10.1 Å². The summed E-state index contributed by atoms with van der Waals surface area (Å²) in [5.74, 6) is 0.818. The Kier molecular flexibility index (Phi) is 2.30. The summed E-state index contributed by atoms with van der Waals surface area (Å²) >= 11 is 0. The van der Waals surface area contributed by atoms with Crippen molar-refractivity contribution in [2.24, 2.45) is 11.8 Å². The lowest BCUT2D eigenvalue weighted by molar-refractivity contribution is -0.148. The summed E-state index contributed by atoms with van der Waals surface area (Å²) in [6.45, 7) is 2.43. The van der Waals surface area contributed by atoms with Gasteiger partial charge in [0, 0.05) is 6.54 Å². The van der Waals surface area contributed by atoms with Crippen molar-refractivity contribution < 1.29 is 9.53 Å². The van der Waals surface area contributed by atoms with Crippen molar-refractivity contribution in [2.75, 3.05) is 19.7 Å². The van der Waals surface area contributed by atoms with E-state index in [-0.39, 0.29) is 11.9 Å². The molecule has 1 N–H and O–H groups in total. The first-order chi connectivity index (χ1) is 5.86. The Morgan fingerprint density at radius 1 is 1.42 bits per heavy atom. The van der Waals surface area contributed by atoms with E-state index >= 15 is 0 Å². The van der Waals surface area contributed by atoms with E-state index in [0.29, 0.717) is 12.5 Å². The number of nitrogens with one attached hydrogen (secondary N) is 1. The maximum Gasteiger partial charge on any atom is 0.310 e. The highest BCUT2D eigenvalue weighted by atomic mass is 16.5.